The Morgan fingerprint density at radius 2 is 2.11 bits per heavy atom. The summed E-state index contributed by atoms with van der Waals surface area (Å²) >= 11 is 0. The number of aryl methyl sites for hydroxylation is 1. The lowest BCUT2D eigenvalue weighted by atomic mass is 10.1. The fourth-order valence-electron chi connectivity index (χ4n) is 2.02. The molecule has 1 aromatic carbocycles. The summed E-state index contributed by atoms with van der Waals surface area (Å²) < 4.78 is 7.28. The quantitative estimate of drug-likeness (QED) is 0.865. The maximum absolute atomic E-state index is 10.5. The summed E-state index contributed by atoms with van der Waals surface area (Å²) in [5.41, 5.74) is 1.43. The molecule has 0 bridgehead atoms. The third-order valence-electron chi connectivity index (χ3n) is 2.88. The number of rotatable bonds is 6. The highest BCUT2D eigenvalue weighted by Gasteiger charge is 2.19. The third-order valence-corrected chi connectivity index (χ3v) is 2.88. The number of hydrogen-bond acceptors (Lipinski definition) is 4. The summed E-state index contributed by atoms with van der Waals surface area (Å²) in [4.78, 5) is 0. The summed E-state index contributed by atoms with van der Waals surface area (Å²) in [5.74, 6) is 0.696. The maximum atomic E-state index is 10.5. The van der Waals surface area contributed by atoms with Crippen LogP contribution >= 0.6 is 0 Å². The molecular formula is C14H19N3O2. The Morgan fingerprint density at radius 1 is 1.32 bits per heavy atom. The lowest BCUT2D eigenvalue weighted by Crippen LogP contribution is -2.11. The van der Waals surface area contributed by atoms with Crippen LogP contribution in [-0.2, 0) is 6.54 Å². The first-order valence-electron chi connectivity index (χ1n) is 6.56. The minimum Gasteiger partial charge on any atom is -0.493 e. The molecule has 0 fully saturated rings. The van der Waals surface area contributed by atoms with E-state index in [0.29, 0.717) is 18.1 Å². The fraction of sp³-hybridized carbons (Fsp3) is 0.429. The Hall–Kier alpha value is -1.88. The van der Waals surface area contributed by atoms with Gasteiger partial charge in [0.2, 0.25) is 0 Å². The van der Waals surface area contributed by atoms with Gasteiger partial charge >= 0.3 is 0 Å². The van der Waals surface area contributed by atoms with Crippen LogP contribution in [0.15, 0.2) is 30.5 Å². The van der Waals surface area contributed by atoms with Crippen molar-refractivity contribution in [2.24, 2.45) is 0 Å². The average molecular weight is 261 g/mol. The lowest BCUT2D eigenvalue weighted by molar-refractivity contribution is 0.200. The van der Waals surface area contributed by atoms with Crippen molar-refractivity contribution >= 4 is 0 Å². The van der Waals surface area contributed by atoms with Crippen LogP contribution in [0.5, 0.6) is 5.75 Å². The largest absolute Gasteiger partial charge is 0.493 e. The molecule has 2 aromatic rings. The number of ether oxygens (including phenoxy) is 1. The van der Waals surface area contributed by atoms with E-state index in [-0.39, 0.29) is 0 Å². The summed E-state index contributed by atoms with van der Waals surface area (Å²) in [5, 5.41) is 18.4. The Kier molecular flexibility index (Phi) is 4.52. The van der Waals surface area contributed by atoms with Gasteiger partial charge in [-0.25, -0.2) is 4.68 Å². The molecule has 0 aliphatic heterocycles. The summed E-state index contributed by atoms with van der Waals surface area (Å²) in [6.07, 6.45) is 1.77. The molecule has 0 spiro atoms. The SMILES string of the molecule is CCCn1nncc1C(O)c1ccccc1OCC. The monoisotopic (exact) mass is 261 g/mol. The van der Waals surface area contributed by atoms with E-state index >= 15 is 0 Å². The molecule has 0 aliphatic carbocycles. The van der Waals surface area contributed by atoms with Gasteiger partial charge in [-0.2, -0.15) is 0 Å². The van der Waals surface area contributed by atoms with E-state index in [9.17, 15) is 5.11 Å². The van der Waals surface area contributed by atoms with E-state index in [0.717, 1.165) is 18.5 Å². The molecule has 0 amide bonds. The number of para-hydroxylation sites is 1. The van der Waals surface area contributed by atoms with Crippen LogP contribution in [0.4, 0.5) is 0 Å². The minimum atomic E-state index is -0.774. The number of nitrogens with zero attached hydrogens (tertiary/aromatic N) is 3. The molecule has 1 N–H and O–H groups in total. The van der Waals surface area contributed by atoms with Crippen LogP contribution in [0, 0.1) is 0 Å². The van der Waals surface area contributed by atoms with Crippen molar-refractivity contribution in [1.82, 2.24) is 15.0 Å². The van der Waals surface area contributed by atoms with E-state index in [1.165, 1.54) is 0 Å². The van der Waals surface area contributed by atoms with Gasteiger partial charge in [0.25, 0.3) is 0 Å². The normalized spacial score (nSPS) is 12.4. The zero-order valence-electron chi connectivity index (χ0n) is 11.3. The van der Waals surface area contributed by atoms with E-state index in [1.807, 2.05) is 31.2 Å². The van der Waals surface area contributed by atoms with Crippen molar-refractivity contribution in [2.45, 2.75) is 32.9 Å². The highest BCUT2D eigenvalue weighted by atomic mass is 16.5. The third kappa shape index (κ3) is 2.93. The van der Waals surface area contributed by atoms with E-state index in [1.54, 1.807) is 10.9 Å². The second kappa shape index (κ2) is 6.33. The maximum Gasteiger partial charge on any atom is 0.126 e. The summed E-state index contributed by atoms with van der Waals surface area (Å²) in [6, 6.07) is 7.49. The Bertz CT molecular complexity index is 525. The lowest BCUT2D eigenvalue weighted by Gasteiger charge is -2.16. The van der Waals surface area contributed by atoms with Gasteiger partial charge in [-0.3, -0.25) is 0 Å². The first-order valence-corrected chi connectivity index (χ1v) is 6.56. The molecule has 5 nitrogen and oxygen atoms in total. The molecule has 1 heterocycles. The molecule has 1 aromatic heterocycles. The first kappa shape index (κ1) is 13.5. The van der Waals surface area contributed by atoms with Gasteiger partial charge in [0.05, 0.1) is 18.5 Å². The predicted molar refractivity (Wildman–Crippen MR) is 72.0 cm³/mol. The molecule has 102 valence electrons. The number of aromatic nitrogens is 3. The number of benzene rings is 1. The van der Waals surface area contributed by atoms with Crippen molar-refractivity contribution in [1.29, 1.82) is 0 Å². The Morgan fingerprint density at radius 3 is 2.84 bits per heavy atom. The van der Waals surface area contributed by atoms with Crippen molar-refractivity contribution in [3.8, 4) is 5.75 Å². The smallest absolute Gasteiger partial charge is 0.126 e. The molecule has 5 heteroatoms. The molecule has 1 unspecified atom stereocenters. The van der Waals surface area contributed by atoms with Crippen molar-refractivity contribution in [3.63, 3.8) is 0 Å². The first-order chi connectivity index (χ1) is 9.27. The molecule has 0 saturated carbocycles. The van der Waals surface area contributed by atoms with Crippen LogP contribution in [0.3, 0.4) is 0 Å². The molecule has 1 atom stereocenters. The topological polar surface area (TPSA) is 60.2 Å². The van der Waals surface area contributed by atoms with E-state index in [4.69, 9.17) is 4.74 Å². The van der Waals surface area contributed by atoms with Gasteiger partial charge in [-0.05, 0) is 19.4 Å². The fourth-order valence-corrected chi connectivity index (χ4v) is 2.02. The standard InChI is InChI=1S/C14H19N3O2/c1-3-9-17-12(10-15-16-17)14(18)11-7-5-6-8-13(11)19-4-2/h5-8,10,14,18H,3-4,9H2,1-2H3. The van der Waals surface area contributed by atoms with Crippen molar-refractivity contribution in [3.05, 3.63) is 41.7 Å². The van der Waals surface area contributed by atoms with Gasteiger partial charge in [0.15, 0.2) is 0 Å². The van der Waals surface area contributed by atoms with Crippen LogP contribution in [-0.4, -0.2) is 26.7 Å². The Labute approximate surface area is 112 Å². The summed E-state index contributed by atoms with van der Waals surface area (Å²) in [6.45, 7) is 5.29. The molecule has 0 saturated heterocycles. The van der Waals surface area contributed by atoms with Crippen LogP contribution in [0.2, 0.25) is 0 Å². The van der Waals surface area contributed by atoms with E-state index in [2.05, 4.69) is 17.2 Å². The van der Waals surface area contributed by atoms with Crippen molar-refractivity contribution < 1.29 is 9.84 Å². The molecular weight excluding hydrogens is 242 g/mol. The number of aliphatic hydroxyl groups is 1. The molecule has 0 radical (unpaired) electrons. The van der Waals surface area contributed by atoms with Gasteiger partial charge in [-0.15, -0.1) is 5.10 Å². The molecule has 19 heavy (non-hydrogen) atoms. The van der Waals surface area contributed by atoms with E-state index < -0.39 is 6.10 Å². The highest BCUT2D eigenvalue weighted by Crippen LogP contribution is 2.29. The van der Waals surface area contributed by atoms with Gasteiger partial charge in [-0.1, -0.05) is 30.3 Å². The van der Waals surface area contributed by atoms with Crippen LogP contribution in [0.1, 0.15) is 37.6 Å². The van der Waals surface area contributed by atoms with Crippen LogP contribution < -0.4 is 4.74 Å². The second-order valence-corrected chi connectivity index (χ2v) is 4.26. The minimum absolute atomic E-state index is 0.566. The van der Waals surface area contributed by atoms with Gasteiger partial charge < -0.3 is 9.84 Å². The predicted octanol–water partition coefficient (Wildman–Crippen LogP) is 2.17. The average Bonchev–Trinajstić information content (AvgIpc) is 2.88. The molecule has 2 rings (SSSR count). The van der Waals surface area contributed by atoms with Crippen LogP contribution in [0.25, 0.3) is 0 Å². The Balaban J connectivity index is 2.32. The second-order valence-electron chi connectivity index (χ2n) is 4.26. The zero-order chi connectivity index (χ0) is 13.7. The van der Waals surface area contributed by atoms with Crippen molar-refractivity contribution in [2.75, 3.05) is 6.61 Å². The number of aliphatic hydroxyl groups excluding tert-OH is 1. The van der Waals surface area contributed by atoms with Gasteiger partial charge in [0, 0.05) is 12.1 Å². The zero-order valence-corrected chi connectivity index (χ0v) is 11.3. The highest BCUT2D eigenvalue weighted by molar-refractivity contribution is 5.38. The number of hydrogen-bond donors (Lipinski definition) is 1. The summed E-state index contributed by atoms with van der Waals surface area (Å²) in [7, 11) is 0. The van der Waals surface area contributed by atoms with Gasteiger partial charge in [0.1, 0.15) is 11.9 Å². The molecule has 0 aliphatic rings.